The summed E-state index contributed by atoms with van der Waals surface area (Å²) in [4.78, 5) is 6.23. The largest absolute Gasteiger partial charge is 0.307 e. The number of rotatable bonds is 3. The van der Waals surface area contributed by atoms with Gasteiger partial charge in [0.2, 0.25) is 0 Å². The lowest BCUT2D eigenvalue weighted by atomic mass is 9.96. The van der Waals surface area contributed by atoms with E-state index in [0.717, 1.165) is 21.7 Å². The summed E-state index contributed by atoms with van der Waals surface area (Å²) in [6.07, 6.45) is 0. The van der Waals surface area contributed by atoms with Crippen molar-refractivity contribution in [2.45, 2.75) is 0 Å². The fourth-order valence-corrected chi connectivity index (χ4v) is 9.19. The van der Waals surface area contributed by atoms with Crippen molar-refractivity contribution in [2.75, 3.05) is 0 Å². The molecular weight excluding hydrogens is 615 g/mol. The second kappa shape index (κ2) is 10.1. The lowest BCUT2D eigenvalue weighted by Gasteiger charge is -2.15. The maximum absolute atomic E-state index is 5.16. The van der Waals surface area contributed by atoms with Gasteiger partial charge in [0, 0.05) is 59.3 Å². The highest BCUT2D eigenvalue weighted by atomic mass is 32.1. The summed E-state index contributed by atoms with van der Waals surface area (Å²) in [5.74, 6) is 0. The summed E-state index contributed by atoms with van der Waals surface area (Å²) in [6.45, 7) is 0. The van der Waals surface area contributed by atoms with Gasteiger partial charge in [0.05, 0.1) is 27.6 Å². The smallest absolute Gasteiger partial charge is 0.125 e. The van der Waals surface area contributed by atoms with Gasteiger partial charge in [0.25, 0.3) is 0 Å². The van der Waals surface area contributed by atoms with Gasteiger partial charge in [-0.3, -0.25) is 0 Å². The first-order chi connectivity index (χ1) is 24.3. The van der Waals surface area contributed by atoms with Crippen LogP contribution in [0.1, 0.15) is 0 Å². The molecule has 0 spiro atoms. The number of benzene rings is 7. The van der Waals surface area contributed by atoms with E-state index < -0.39 is 0 Å². The lowest BCUT2D eigenvalue weighted by molar-refractivity contribution is 1.15. The topological polar surface area (TPSA) is 22.8 Å². The Kier molecular flexibility index (Phi) is 5.54. The van der Waals surface area contributed by atoms with Crippen molar-refractivity contribution >= 4 is 86.2 Å². The summed E-state index contributed by atoms with van der Waals surface area (Å²) >= 11 is 1.77. The number of hydrogen-bond donors (Lipinski definition) is 0. The maximum atomic E-state index is 5.16. The summed E-state index contributed by atoms with van der Waals surface area (Å²) in [7, 11) is 0. The molecule has 7 aromatic carbocycles. The molecule has 3 nitrogen and oxygen atoms in total. The Morgan fingerprint density at radius 3 is 1.73 bits per heavy atom. The molecule has 11 rings (SSSR count). The predicted molar refractivity (Wildman–Crippen MR) is 209 cm³/mol. The van der Waals surface area contributed by atoms with Gasteiger partial charge >= 0.3 is 0 Å². The van der Waals surface area contributed by atoms with E-state index >= 15 is 0 Å². The molecule has 0 saturated carbocycles. The Balaban J connectivity index is 1.29. The van der Waals surface area contributed by atoms with E-state index in [1.807, 2.05) is 0 Å². The number of thiophene rings is 1. The van der Waals surface area contributed by atoms with E-state index in [4.69, 9.17) is 4.98 Å². The molecule has 0 amide bonds. The fraction of sp³-hybridized carbons (Fsp3) is 0. The third kappa shape index (κ3) is 3.75. The number of fused-ring (bicyclic) bond motifs is 11. The Bertz CT molecular complexity index is 3110. The summed E-state index contributed by atoms with van der Waals surface area (Å²) in [6, 6.07) is 59.4. The Hall–Kier alpha value is -6.23. The van der Waals surface area contributed by atoms with Gasteiger partial charge in [0.15, 0.2) is 0 Å². The first-order valence-corrected chi connectivity index (χ1v) is 17.5. The second-order valence-corrected chi connectivity index (χ2v) is 13.8. The molecule has 0 aliphatic rings. The van der Waals surface area contributed by atoms with Crippen molar-refractivity contribution in [3.63, 3.8) is 0 Å². The molecular formula is C45H27N3S. The highest BCUT2D eigenvalue weighted by Gasteiger charge is 2.22. The summed E-state index contributed by atoms with van der Waals surface area (Å²) < 4.78 is 6.20. The minimum absolute atomic E-state index is 1.02. The number of nitrogens with zero attached hydrogens (tertiary/aromatic N) is 3. The van der Waals surface area contributed by atoms with Crippen molar-refractivity contribution < 1.29 is 0 Å². The molecule has 4 heterocycles. The number of para-hydroxylation sites is 4. The Morgan fingerprint density at radius 2 is 1.00 bits per heavy atom. The molecule has 0 saturated heterocycles. The third-order valence-electron chi connectivity index (χ3n) is 10.1. The van der Waals surface area contributed by atoms with Crippen LogP contribution < -0.4 is 0 Å². The summed E-state index contributed by atoms with van der Waals surface area (Å²) in [5, 5.41) is 8.65. The zero-order valence-electron chi connectivity index (χ0n) is 26.3. The molecule has 228 valence electrons. The van der Waals surface area contributed by atoms with Crippen LogP contribution >= 0.6 is 11.3 Å². The zero-order chi connectivity index (χ0) is 32.1. The van der Waals surface area contributed by atoms with Crippen LogP contribution in [0.15, 0.2) is 164 Å². The number of pyridine rings is 1. The fourth-order valence-electron chi connectivity index (χ4n) is 8.09. The van der Waals surface area contributed by atoms with E-state index in [9.17, 15) is 0 Å². The normalized spacial score (nSPS) is 12.1. The minimum atomic E-state index is 1.02. The van der Waals surface area contributed by atoms with E-state index in [-0.39, 0.29) is 0 Å². The monoisotopic (exact) mass is 641 g/mol. The van der Waals surface area contributed by atoms with Crippen LogP contribution in [0.2, 0.25) is 0 Å². The molecule has 0 radical (unpaired) electrons. The first kappa shape index (κ1) is 26.8. The van der Waals surface area contributed by atoms with Gasteiger partial charge < -0.3 is 9.13 Å². The van der Waals surface area contributed by atoms with E-state index in [1.54, 1.807) is 11.3 Å². The third-order valence-corrected chi connectivity index (χ3v) is 11.2. The lowest BCUT2D eigenvalue weighted by Crippen LogP contribution is -1.99. The van der Waals surface area contributed by atoms with Crippen LogP contribution in [0.4, 0.5) is 0 Å². The average molecular weight is 642 g/mol. The second-order valence-electron chi connectivity index (χ2n) is 12.7. The molecule has 4 aromatic heterocycles. The van der Waals surface area contributed by atoms with E-state index in [2.05, 4.69) is 173 Å². The van der Waals surface area contributed by atoms with Gasteiger partial charge in [-0.05, 0) is 54.1 Å². The van der Waals surface area contributed by atoms with Crippen LogP contribution in [0.25, 0.3) is 97.3 Å². The van der Waals surface area contributed by atoms with Gasteiger partial charge in [-0.15, -0.1) is 11.3 Å². The van der Waals surface area contributed by atoms with Crippen LogP contribution in [0, 0.1) is 0 Å². The Labute approximate surface area is 285 Å². The molecule has 4 heteroatoms. The van der Waals surface area contributed by atoms with Crippen LogP contribution in [0.5, 0.6) is 0 Å². The van der Waals surface area contributed by atoms with Gasteiger partial charge in [0.1, 0.15) is 4.83 Å². The maximum Gasteiger partial charge on any atom is 0.125 e. The van der Waals surface area contributed by atoms with Crippen LogP contribution in [-0.4, -0.2) is 14.1 Å². The minimum Gasteiger partial charge on any atom is -0.307 e. The molecule has 0 bridgehead atoms. The standard InChI is InChI=1S/C45H27N3S/c1-2-14-29(15-3-1)47-38-22-9-5-17-31(38)33-25-26-34-32-18-6-10-23-39(32)48(44(34)43(33)47)30-16-12-13-28(27-30)41-35-19-4-8-21-37(35)46-45-42(41)36-20-7-11-24-40(36)49-45/h1-27H. The van der Waals surface area contributed by atoms with Gasteiger partial charge in [-0.2, -0.15) is 0 Å². The molecule has 0 aliphatic heterocycles. The van der Waals surface area contributed by atoms with Crippen molar-refractivity contribution in [3.05, 3.63) is 164 Å². The van der Waals surface area contributed by atoms with Crippen LogP contribution in [0.3, 0.4) is 0 Å². The van der Waals surface area contributed by atoms with Crippen LogP contribution in [-0.2, 0) is 0 Å². The van der Waals surface area contributed by atoms with E-state index in [0.29, 0.717) is 0 Å². The van der Waals surface area contributed by atoms with Crippen molar-refractivity contribution in [2.24, 2.45) is 0 Å². The molecule has 49 heavy (non-hydrogen) atoms. The Morgan fingerprint density at radius 1 is 0.429 bits per heavy atom. The molecule has 0 aliphatic carbocycles. The van der Waals surface area contributed by atoms with E-state index in [1.165, 1.54) is 75.6 Å². The van der Waals surface area contributed by atoms with Crippen molar-refractivity contribution in [3.8, 4) is 22.5 Å². The molecule has 11 aromatic rings. The van der Waals surface area contributed by atoms with Gasteiger partial charge in [-0.25, -0.2) is 4.98 Å². The predicted octanol–water partition coefficient (Wildman–Crippen LogP) is 12.5. The zero-order valence-corrected chi connectivity index (χ0v) is 27.2. The number of hydrogen-bond acceptors (Lipinski definition) is 2. The molecule has 0 unspecified atom stereocenters. The first-order valence-electron chi connectivity index (χ1n) is 16.6. The SMILES string of the molecule is c1ccc(-n2c3ccccc3c3ccc4c5ccccc5n(-c5cccc(-c6c7ccccc7nc7sc8ccccc8c67)c5)c4c32)cc1. The highest BCUT2D eigenvalue weighted by molar-refractivity contribution is 7.25. The average Bonchev–Trinajstić information content (AvgIpc) is 3.82. The molecule has 0 fully saturated rings. The van der Waals surface area contributed by atoms with Crippen molar-refractivity contribution in [1.82, 2.24) is 14.1 Å². The molecule has 0 atom stereocenters. The quantitative estimate of drug-likeness (QED) is 0.188. The van der Waals surface area contributed by atoms with Crippen molar-refractivity contribution in [1.29, 1.82) is 0 Å². The summed E-state index contributed by atoms with van der Waals surface area (Å²) in [5.41, 5.74) is 10.6. The highest BCUT2D eigenvalue weighted by Crippen LogP contribution is 2.45. The molecule has 0 N–H and O–H groups in total. The van der Waals surface area contributed by atoms with Gasteiger partial charge in [-0.1, -0.05) is 115 Å². The number of aromatic nitrogens is 3.